The zero-order chi connectivity index (χ0) is 26.8. The van der Waals surface area contributed by atoms with Crippen LogP contribution in [0.2, 0.25) is 10.0 Å². The van der Waals surface area contributed by atoms with Gasteiger partial charge in [-0.05, 0) is 80.2 Å². The first-order valence-corrected chi connectivity index (χ1v) is 13.4. The molecule has 2 atom stereocenters. The Morgan fingerprint density at radius 2 is 1.76 bits per heavy atom. The molecule has 0 unspecified atom stereocenters. The zero-order valence-corrected chi connectivity index (χ0v) is 23.6. The molecule has 6 nitrogen and oxygen atoms in total. The summed E-state index contributed by atoms with van der Waals surface area (Å²) in [7, 11) is 1.64. The summed E-state index contributed by atoms with van der Waals surface area (Å²) in [6.45, 7) is 5.09. The van der Waals surface area contributed by atoms with E-state index in [1.54, 1.807) is 13.3 Å². The van der Waals surface area contributed by atoms with Crippen molar-refractivity contribution in [2.75, 3.05) is 25.2 Å². The fourth-order valence-electron chi connectivity index (χ4n) is 5.03. The maximum atomic E-state index is 6.65. The molecule has 1 fully saturated rings. The summed E-state index contributed by atoms with van der Waals surface area (Å²) in [4.78, 5) is 6.78. The molecular formula is C29H28Cl2N4O2S. The quantitative estimate of drug-likeness (QED) is 0.183. The molecule has 0 spiro atoms. The highest BCUT2D eigenvalue weighted by Gasteiger charge is 2.42. The molecule has 0 saturated carbocycles. The van der Waals surface area contributed by atoms with Crippen LogP contribution in [-0.4, -0.2) is 35.0 Å². The van der Waals surface area contributed by atoms with Gasteiger partial charge in [-0.3, -0.25) is 4.98 Å². The molecule has 38 heavy (non-hydrogen) atoms. The Morgan fingerprint density at radius 1 is 0.974 bits per heavy atom. The number of benzene rings is 2. The molecule has 1 N–H and O–H groups in total. The number of rotatable bonds is 8. The molecule has 0 aliphatic carbocycles. The van der Waals surface area contributed by atoms with Crippen LogP contribution in [0, 0.1) is 13.8 Å². The number of ether oxygens (including phenoxy) is 2. The second-order valence-electron chi connectivity index (χ2n) is 9.07. The van der Waals surface area contributed by atoms with Crippen LogP contribution in [0.3, 0.4) is 0 Å². The Balaban J connectivity index is 1.61. The van der Waals surface area contributed by atoms with Crippen molar-refractivity contribution in [3.05, 3.63) is 106 Å². The summed E-state index contributed by atoms with van der Waals surface area (Å²) in [5.41, 5.74) is 5.95. The van der Waals surface area contributed by atoms with Crippen LogP contribution >= 0.6 is 35.4 Å². The minimum absolute atomic E-state index is 0.180. The zero-order valence-electron chi connectivity index (χ0n) is 21.3. The van der Waals surface area contributed by atoms with E-state index in [4.69, 9.17) is 44.9 Å². The highest BCUT2D eigenvalue weighted by atomic mass is 35.5. The van der Waals surface area contributed by atoms with E-state index in [1.165, 1.54) is 0 Å². The van der Waals surface area contributed by atoms with Crippen LogP contribution < -0.4 is 15.0 Å². The number of halogens is 2. The monoisotopic (exact) mass is 566 g/mol. The number of aromatic nitrogens is 2. The van der Waals surface area contributed by atoms with Crippen LogP contribution in [-0.2, 0) is 4.74 Å². The SMILES string of the molecule is COCCOc1ccc(N2C(=S)N[C@@H](c3ccccn3)[C@@H]2c2cc(C)n(-c3ccccc3Cl)c2C)cc1Cl. The van der Waals surface area contributed by atoms with Gasteiger partial charge >= 0.3 is 0 Å². The largest absolute Gasteiger partial charge is 0.490 e. The molecule has 0 radical (unpaired) electrons. The average molecular weight is 568 g/mol. The van der Waals surface area contributed by atoms with Crippen molar-refractivity contribution in [2.24, 2.45) is 0 Å². The Hall–Kier alpha value is -3.10. The van der Waals surface area contributed by atoms with Gasteiger partial charge in [-0.25, -0.2) is 0 Å². The lowest BCUT2D eigenvalue weighted by atomic mass is 9.96. The standard InChI is InChI=1S/C29H28Cl2N4O2S/c1-18-16-21(19(2)34(18)25-10-5-4-8-22(25)30)28-27(24-9-6-7-13-32-24)33-29(38)35(28)20-11-12-26(23(31)17-20)37-15-14-36-3/h4-13,16-17,27-28H,14-15H2,1-3H3,(H,33,38)/t27-,28-/m0/s1. The summed E-state index contributed by atoms with van der Waals surface area (Å²) in [5, 5.41) is 5.31. The van der Waals surface area contributed by atoms with Gasteiger partial charge in [0.15, 0.2) is 5.11 Å². The molecule has 1 saturated heterocycles. The van der Waals surface area contributed by atoms with Crippen molar-refractivity contribution in [1.82, 2.24) is 14.9 Å². The van der Waals surface area contributed by atoms with Gasteiger partial charge in [0.2, 0.25) is 0 Å². The van der Waals surface area contributed by atoms with Crippen molar-refractivity contribution in [2.45, 2.75) is 25.9 Å². The highest BCUT2D eigenvalue weighted by molar-refractivity contribution is 7.80. The van der Waals surface area contributed by atoms with Gasteiger partial charge in [-0.2, -0.15) is 0 Å². The van der Waals surface area contributed by atoms with Gasteiger partial charge in [-0.15, -0.1) is 0 Å². The third-order valence-electron chi connectivity index (χ3n) is 6.72. The molecule has 196 valence electrons. The number of pyridine rings is 1. The first-order chi connectivity index (χ1) is 18.4. The lowest BCUT2D eigenvalue weighted by Gasteiger charge is -2.28. The number of para-hydroxylation sites is 1. The Bertz CT molecular complexity index is 1460. The molecule has 9 heteroatoms. The van der Waals surface area contributed by atoms with Crippen LogP contribution in [0.25, 0.3) is 5.69 Å². The Kier molecular flexibility index (Phi) is 7.91. The van der Waals surface area contributed by atoms with Gasteiger partial charge in [0.25, 0.3) is 0 Å². The Labute approximate surface area is 238 Å². The number of hydrogen-bond acceptors (Lipinski definition) is 4. The molecule has 2 aromatic carbocycles. The van der Waals surface area contributed by atoms with Gasteiger partial charge in [0, 0.05) is 30.4 Å². The van der Waals surface area contributed by atoms with E-state index in [2.05, 4.69) is 39.7 Å². The summed E-state index contributed by atoms with van der Waals surface area (Å²) in [6, 6.07) is 21.3. The van der Waals surface area contributed by atoms with Crippen LogP contribution in [0.15, 0.2) is 72.9 Å². The number of nitrogens with one attached hydrogen (secondary N) is 1. The maximum Gasteiger partial charge on any atom is 0.174 e. The summed E-state index contributed by atoms with van der Waals surface area (Å²) in [5.74, 6) is 0.597. The number of methoxy groups -OCH3 is 1. The van der Waals surface area contributed by atoms with Crippen LogP contribution in [0.1, 0.15) is 34.7 Å². The van der Waals surface area contributed by atoms with E-state index in [9.17, 15) is 0 Å². The average Bonchev–Trinajstić information content (AvgIpc) is 3.41. The second-order valence-corrected chi connectivity index (χ2v) is 10.3. The van der Waals surface area contributed by atoms with E-state index in [-0.39, 0.29) is 12.1 Å². The molecule has 4 aromatic rings. The predicted octanol–water partition coefficient (Wildman–Crippen LogP) is 7.00. The maximum absolute atomic E-state index is 6.65. The van der Waals surface area contributed by atoms with Crippen molar-refractivity contribution >= 4 is 46.2 Å². The number of thiocarbonyl (C=S) groups is 1. The molecule has 5 rings (SSSR count). The van der Waals surface area contributed by atoms with Crippen LogP contribution in [0.4, 0.5) is 5.69 Å². The van der Waals surface area contributed by atoms with Gasteiger partial charge in [0.05, 0.1) is 40.1 Å². The molecule has 2 aromatic heterocycles. The highest BCUT2D eigenvalue weighted by Crippen LogP contribution is 2.45. The van der Waals surface area contributed by atoms with Gasteiger partial charge in [0.1, 0.15) is 12.4 Å². The van der Waals surface area contributed by atoms with Crippen molar-refractivity contribution < 1.29 is 9.47 Å². The third kappa shape index (κ3) is 4.99. The van der Waals surface area contributed by atoms with Crippen molar-refractivity contribution in [1.29, 1.82) is 0 Å². The number of aryl methyl sites for hydroxylation is 1. The fraction of sp³-hybridized carbons (Fsp3) is 0.241. The number of nitrogens with zero attached hydrogens (tertiary/aromatic N) is 3. The van der Waals surface area contributed by atoms with E-state index < -0.39 is 0 Å². The molecule has 3 heterocycles. The first-order valence-electron chi connectivity index (χ1n) is 12.3. The lowest BCUT2D eigenvalue weighted by molar-refractivity contribution is 0.146. The molecule has 1 aliphatic rings. The van der Waals surface area contributed by atoms with Crippen molar-refractivity contribution in [3.63, 3.8) is 0 Å². The third-order valence-corrected chi connectivity index (χ3v) is 7.65. The van der Waals surface area contributed by atoms with Gasteiger partial charge < -0.3 is 24.3 Å². The number of anilines is 1. The van der Waals surface area contributed by atoms with E-state index in [0.717, 1.165) is 34.0 Å². The second kappa shape index (κ2) is 11.3. The minimum atomic E-state index is -0.184. The normalized spacial score (nSPS) is 17.1. The summed E-state index contributed by atoms with van der Waals surface area (Å²) >= 11 is 19.2. The minimum Gasteiger partial charge on any atom is -0.490 e. The van der Waals surface area contributed by atoms with E-state index in [0.29, 0.717) is 34.1 Å². The summed E-state index contributed by atoms with van der Waals surface area (Å²) < 4.78 is 13.0. The predicted molar refractivity (Wildman–Crippen MR) is 157 cm³/mol. The van der Waals surface area contributed by atoms with Gasteiger partial charge in [-0.1, -0.05) is 41.4 Å². The smallest absolute Gasteiger partial charge is 0.174 e. The van der Waals surface area contributed by atoms with Crippen LogP contribution in [0.5, 0.6) is 5.75 Å². The molecular weight excluding hydrogens is 539 g/mol. The van der Waals surface area contributed by atoms with Crippen molar-refractivity contribution in [3.8, 4) is 11.4 Å². The lowest BCUT2D eigenvalue weighted by Crippen LogP contribution is -2.29. The summed E-state index contributed by atoms with van der Waals surface area (Å²) in [6.07, 6.45) is 1.80. The first kappa shape index (κ1) is 26.5. The molecule has 1 aliphatic heterocycles. The molecule has 0 amide bonds. The molecule has 0 bridgehead atoms. The Morgan fingerprint density at radius 3 is 2.47 bits per heavy atom. The topological polar surface area (TPSA) is 51.6 Å². The van der Waals surface area contributed by atoms with E-state index >= 15 is 0 Å². The number of hydrogen-bond donors (Lipinski definition) is 1. The van der Waals surface area contributed by atoms with E-state index in [1.807, 2.05) is 60.7 Å². The fourth-order valence-corrected chi connectivity index (χ4v) is 5.83.